The maximum atomic E-state index is 12.1. The standard InChI is InChI=1S/C16H17NO3/c1-16(2,3)15(19)20-17-14(18)13-10-6-8-11-7-4-5-9-12(11)13/h4-10H,1-3H3,(H,17,18). The van der Waals surface area contributed by atoms with Gasteiger partial charge in [-0.15, -0.1) is 0 Å². The summed E-state index contributed by atoms with van der Waals surface area (Å²) in [5.41, 5.74) is 2.02. The highest BCUT2D eigenvalue weighted by Gasteiger charge is 2.24. The molecule has 0 bridgehead atoms. The van der Waals surface area contributed by atoms with Crippen molar-refractivity contribution in [2.75, 3.05) is 0 Å². The Kier molecular flexibility index (Phi) is 3.74. The van der Waals surface area contributed by atoms with Crippen molar-refractivity contribution in [1.29, 1.82) is 0 Å². The van der Waals surface area contributed by atoms with E-state index in [1.54, 1.807) is 32.9 Å². The lowest BCUT2D eigenvalue weighted by Gasteiger charge is -2.16. The smallest absolute Gasteiger partial charge is 0.337 e. The van der Waals surface area contributed by atoms with Gasteiger partial charge in [-0.3, -0.25) is 4.79 Å². The molecule has 0 aromatic heterocycles. The average molecular weight is 271 g/mol. The Balaban J connectivity index is 2.18. The van der Waals surface area contributed by atoms with E-state index in [9.17, 15) is 9.59 Å². The summed E-state index contributed by atoms with van der Waals surface area (Å²) in [5.74, 6) is -0.912. The van der Waals surface area contributed by atoms with Crippen molar-refractivity contribution >= 4 is 22.6 Å². The van der Waals surface area contributed by atoms with Crippen LogP contribution in [-0.2, 0) is 9.63 Å². The van der Waals surface area contributed by atoms with Crippen LogP contribution in [0.1, 0.15) is 31.1 Å². The molecule has 1 N–H and O–H groups in total. The fourth-order valence-corrected chi connectivity index (χ4v) is 1.72. The van der Waals surface area contributed by atoms with Crippen molar-refractivity contribution in [2.24, 2.45) is 5.41 Å². The van der Waals surface area contributed by atoms with Gasteiger partial charge < -0.3 is 4.84 Å². The summed E-state index contributed by atoms with van der Waals surface area (Å²) in [6.45, 7) is 5.16. The van der Waals surface area contributed by atoms with Gasteiger partial charge >= 0.3 is 5.97 Å². The van der Waals surface area contributed by atoms with Crippen molar-refractivity contribution in [2.45, 2.75) is 20.8 Å². The number of amides is 1. The Morgan fingerprint density at radius 2 is 1.65 bits per heavy atom. The van der Waals surface area contributed by atoms with Gasteiger partial charge in [0.05, 0.1) is 11.0 Å². The number of nitrogens with one attached hydrogen (secondary N) is 1. The highest BCUT2D eigenvalue weighted by atomic mass is 16.7. The zero-order valence-electron chi connectivity index (χ0n) is 11.8. The zero-order valence-corrected chi connectivity index (χ0v) is 11.8. The summed E-state index contributed by atoms with van der Waals surface area (Å²) in [4.78, 5) is 28.6. The molecule has 0 aliphatic heterocycles. The maximum Gasteiger partial charge on any atom is 0.337 e. The first-order valence-corrected chi connectivity index (χ1v) is 6.39. The fourth-order valence-electron chi connectivity index (χ4n) is 1.72. The minimum absolute atomic E-state index is 0.431. The summed E-state index contributed by atoms with van der Waals surface area (Å²) in [7, 11) is 0. The third kappa shape index (κ3) is 2.96. The molecular formula is C16H17NO3. The topological polar surface area (TPSA) is 55.4 Å². The van der Waals surface area contributed by atoms with E-state index in [4.69, 9.17) is 4.84 Å². The lowest BCUT2D eigenvalue weighted by molar-refractivity contribution is -0.158. The summed E-state index contributed by atoms with van der Waals surface area (Å²) < 4.78 is 0. The van der Waals surface area contributed by atoms with Gasteiger partial charge in [0.1, 0.15) is 0 Å². The van der Waals surface area contributed by atoms with E-state index < -0.39 is 17.3 Å². The van der Waals surface area contributed by atoms with E-state index in [2.05, 4.69) is 5.48 Å². The number of carbonyl (C=O) groups is 2. The second-order valence-corrected chi connectivity index (χ2v) is 5.60. The first kappa shape index (κ1) is 14.1. The second kappa shape index (κ2) is 5.33. The second-order valence-electron chi connectivity index (χ2n) is 5.60. The molecule has 2 aromatic carbocycles. The Morgan fingerprint density at radius 1 is 1.00 bits per heavy atom. The predicted octanol–water partition coefficient (Wildman–Crippen LogP) is 3.07. The van der Waals surface area contributed by atoms with Crippen LogP contribution < -0.4 is 5.48 Å². The Hall–Kier alpha value is -2.36. The van der Waals surface area contributed by atoms with Gasteiger partial charge in [0.2, 0.25) is 0 Å². The van der Waals surface area contributed by atoms with E-state index >= 15 is 0 Å². The van der Waals surface area contributed by atoms with E-state index in [1.165, 1.54) is 0 Å². The summed E-state index contributed by atoms with van der Waals surface area (Å²) in [6, 6.07) is 13.0. The molecule has 0 saturated heterocycles. The van der Waals surface area contributed by atoms with Crippen molar-refractivity contribution in [3.63, 3.8) is 0 Å². The minimum Gasteiger partial charge on any atom is -0.340 e. The number of hydrogen-bond acceptors (Lipinski definition) is 3. The molecule has 104 valence electrons. The van der Waals surface area contributed by atoms with Crippen molar-refractivity contribution < 1.29 is 14.4 Å². The zero-order chi connectivity index (χ0) is 14.8. The van der Waals surface area contributed by atoms with Crippen LogP contribution in [0, 0.1) is 5.41 Å². The van der Waals surface area contributed by atoms with Gasteiger partial charge in [-0.1, -0.05) is 36.4 Å². The molecule has 20 heavy (non-hydrogen) atoms. The van der Waals surface area contributed by atoms with Crippen molar-refractivity contribution in [3.8, 4) is 0 Å². The van der Waals surface area contributed by atoms with Crippen LogP contribution in [0.4, 0.5) is 0 Å². The first-order valence-electron chi connectivity index (χ1n) is 6.39. The Bertz CT molecular complexity index is 651. The molecule has 0 heterocycles. The predicted molar refractivity (Wildman–Crippen MR) is 77.0 cm³/mol. The molecule has 4 nitrogen and oxygen atoms in total. The molecule has 0 radical (unpaired) electrons. The SMILES string of the molecule is CC(C)(C)C(=O)ONC(=O)c1cccc2ccccc12. The molecule has 1 amide bonds. The van der Waals surface area contributed by atoms with Gasteiger partial charge in [0.25, 0.3) is 5.91 Å². The minimum atomic E-state index is -0.661. The van der Waals surface area contributed by atoms with Crippen LogP contribution in [0.3, 0.4) is 0 Å². The third-order valence-corrected chi connectivity index (χ3v) is 2.88. The molecule has 0 unspecified atom stereocenters. The van der Waals surface area contributed by atoms with Crippen LogP contribution in [-0.4, -0.2) is 11.9 Å². The van der Waals surface area contributed by atoms with Gasteiger partial charge in [-0.2, -0.15) is 5.48 Å². The van der Waals surface area contributed by atoms with Crippen molar-refractivity contribution in [3.05, 3.63) is 48.0 Å². The summed E-state index contributed by atoms with van der Waals surface area (Å²) >= 11 is 0. The molecule has 2 aromatic rings. The fraction of sp³-hybridized carbons (Fsp3) is 0.250. The van der Waals surface area contributed by atoms with Crippen LogP contribution in [0.5, 0.6) is 0 Å². The van der Waals surface area contributed by atoms with Gasteiger partial charge in [-0.05, 0) is 37.6 Å². The van der Waals surface area contributed by atoms with E-state index in [0.717, 1.165) is 10.8 Å². The van der Waals surface area contributed by atoms with E-state index in [0.29, 0.717) is 5.56 Å². The molecule has 0 saturated carbocycles. The molecule has 0 atom stereocenters. The lowest BCUT2D eigenvalue weighted by Crippen LogP contribution is -2.33. The monoisotopic (exact) mass is 271 g/mol. The largest absolute Gasteiger partial charge is 0.340 e. The highest BCUT2D eigenvalue weighted by molar-refractivity contribution is 6.06. The van der Waals surface area contributed by atoms with E-state index in [1.807, 2.05) is 30.3 Å². The van der Waals surface area contributed by atoms with E-state index in [-0.39, 0.29) is 0 Å². The van der Waals surface area contributed by atoms with Gasteiger partial charge in [-0.25, -0.2) is 4.79 Å². The van der Waals surface area contributed by atoms with Crippen molar-refractivity contribution in [1.82, 2.24) is 5.48 Å². The number of carbonyl (C=O) groups excluding carboxylic acids is 2. The Morgan fingerprint density at radius 3 is 2.35 bits per heavy atom. The number of hydroxylamine groups is 1. The molecule has 0 aliphatic rings. The number of rotatable bonds is 1. The van der Waals surface area contributed by atoms with Crippen LogP contribution >= 0.6 is 0 Å². The normalized spacial score (nSPS) is 11.2. The maximum absolute atomic E-state index is 12.1. The van der Waals surface area contributed by atoms with Crippen LogP contribution in [0.15, 0.2) is 42.5 Å². The first-order chi connectivity index (χ1) is 9.39. The summed E-state index contributed by atoms with van der Waals surface area (Å²) in [6.07, 6.45) is 0. The third-order valence-electron chi connectivity index (χ3n) is 2.88. The number of hydrogen-bond donors (Lipinski definition) is 1. The van der Waals surface area contributed by atoms with Gasteiger partial charge in [0, 0.05) is 0 Å². The average Bonchev–Trinajstić information content (AvgIpc) is 2.42. The highest BCUT2D eigenvalue weighted by Crippen LogP contribution is 2.19. The molecule has 0 aliphatic carbocycles. The molecule has 2 rings (SSSR count). The number of fused-ring (bicyclic) bond motifs is 1. The summed E-state index contributed by atoms with van der Waals surface area (Å²) in [5, 5.41) is 1.78. The quantitative estimate of drug-likeness (QED) is 0.811. The molecule has 0 fully saturated rings. The lowest BCUT2D eigenvalue weighted by atomic mass is 9.98. The van der Waals surface area contributed by atoms with Crippen LogP contribution in [0.25, 0.3) is 10.8 Å². The number of benzene rings is 2. The molecule has 0 spiro atoms. The molecular weight excluding hydrogens is 254 g/mol. The van der Waals surface area contributed by atoms with Gasteiger partial charge in [0.15, 0.2) is 0 Å². The molecule has 4 heteroatoms. The van der Waals surface area contributed by atoms with Crippen LogP contribution in [0.2, 0.25) is 0 Å². The Labute approximate surface area is 117 Å².